The first kappa shape index (κ1) is 33.2. The smallest absolute Gasteiger partial charge is 0.413 e. The molecule has 3 aromatic rings. The van der Waals surface area contributed by atoms with Gasteiger partial charge in [-0.05, 0) is 73.0 Å². The summed E-state index contributed by atoms with van der Waals surface area (Å²) >= 11 is 9.50. The molecule has 3 N–H and O–H groups in total. The largest absolute Gasteiger partial charge is 0.487 e. The van der Waals surface area contributed by atoms with E-state index in [1.807, 2.05) is 0 Å². The molecule has 0 spiro atoms. The van der Waals surface area contributed by atoms with Crippen molar-refractivity contribution in [3.8, 4) is 5.75 Å². The highest BCUT2D eigenvalue weighted by Gasteiger charge is 2.52. The van der Waals surface area contributed by atoms with E-state index in [2.05, 4.69) is 21.2 Å². The van der Waals surface area contributed by atoms with Crippen LogP contribution in [0.4, 0.5) is 27.6 Å². The van der Waals surface area contributed by atoms with Crippen molar-refractivity contribution in [1.82, 2.24) is 0 Å². The molecule has 0 aliphatic heterocycles. The van der Waals surface area contributed by atoms with E-state index in [1.165, 1.54) is 36.4 Å². The van der Waals surface area contributed by atoms with Gasteiger partial charge in [0, 0.05) is 28.6 Å². The van der Waals surface area contributed by atoms with E-state index in [4.69, 9.17) is 22.1 Å². The molecule has 224 valence electrons. The Kier molecular flexibility index (Phi) is 10.9. The lowest BCUT2D eigenvalue weighted by molar-refractivity contribution is -0.186. The van der Waals surface area contributed by atoms with Gasteiger partial charge in [-0.3, -0.25) is 14.4 Å². The maximum atomic E-state index is 13.2. The second-order valence-electron chi connectivity index (χ2n) is 9.53. The number of anilines is 1. The number of carbonyl (C=O) groups excluding carboxylic acids is 3. The minimum absolute atomic E-state index is 0.0480. The summed E-state index contributed by atoms with van der Waals surface area (Å²) in [4.78, 5) is 38.3. The first-order chi connectivity index (χ1) is 19.6. The minimum atomic E-state index is -4.92. The van der Waals surface area contributed by atoms with Gasteiger partial charge in [0.1, 0.15) is 12.4 Å². The number of ether oxygens (including phenoxy) is 1. The first-order valence-corrected chi connectivity index (χ1v) is 13.6. The van der Waals surface area contributed by atoms with Crippen molar-refractivity contribution in [3.63, 3.8) is 0 Å². The molecule has 0 aliphatic carbocycles. The molecule has 0 bridgehead atoms. The molecule has 0 saturated carbocycles. The Bertz CT molecular complexity index is 1460. The molecule has 13 heteroatoms. The Morgan fingerprint density at radius 3 is 2.21 bits per heavy atom. The number of nitrogens with two attached hydrogens (primary N) is 1. The predicted molar refractivity (Wildman–Crippen MR) is 151 cm³/mol. The molecule has 42 heavy (non-hydrogen) atoms. The monoisotopic (exact) mass is 674 g/mol. The van der Waals surface area contributed by atoms with Crippen molar-refractivity contribution >= 4 is 50.7 Å². The third-order valence-electron chi connectivity index (χ3n) is 6.26. The lowest BCUT2D eigenvalue weighted by atomic mass is 9.91. The summed E-state index contributed by atoms with van der Waals surface area (Å²) in [6, 6.07) is 14.9. The number of aryl methyl sites for hydroxylation is 1. The molecular weight excluding hydrogens is 651 g/mol. The molecule has 0 radical (unpaired) electrons. The highest BCUT2D eigenvalue weighted by Crippen LogP contribution is 2.30. The van der Waals surface area contributed by atoms with E-state index in [0.717, 1.165) is 4.47 Å². The van der Waals surface area contributed by atoms with E-state index >= 15 is 0 Å². The summed E-state index contributed by atoms with van der Waals surface area (Å²) in [5.74, 6) is -2.48. The van der Waals surface area contributed by atoms with Crippen LogP contribution in [0.15, 0.2) is 65.1 Å². The molecule has 0 aromatic heterocycles. The molecule has 0 saturated heterocycles. The van der Waals surface area contributed by atoms with E-state index in [1.54, 1.807) is 24.3 Å². The van der Waals surface area contributed by atoms with E-state index in [-0.39, 0.29) is 34.7 Å². The quantitative estimate of drug-likeness (QED) is 0.156. The van der Waals surface area contributed by atoms with Gasteiger partial charge in [-0.1, -0.05) is 39.7 Å². The molecule has 0 fully saturated rings. The molecule has 0 aliphatic rings. The van der Waals surface area contributed by atoms with Crippen LogP contribution in [0.3, 0.4) is 0 Å². The zero-order valence-corrected chi connectivity index (χ0v) is 24.4. The number of hydrogen-bond acceptors (Lipinski definition) is 5. The van der Waals surface area contributed by atoms with Gasteiger partial charge in [0.25, 0.3) is 12.3 Å². The topological polar surface area (TPSA) is 98.5 Å². The molecule has 1 amide bonds. The van der Waals surface area contributed by atoms with Crippen LogP contribution in [0.5, 0.6) is 5.75 Å². The fourth-order valence-electron chi connectivity index (χ4n) is 3.77. The highest BCUT2D eigenvalue weighted by molar-refractivity contribution is 9.10. The predicted octanol–water partition coefficient (Wildman–Crippen LogP) is 7.21. The van der Waals surface area contributed by atoms with Crippen molar-refractivity contribution in [1.29, 1.82) is 0 Å². The summed E-state index contributed by atoms with van der Waals surface area (Å²) in [5.41, 5.74) is 3.30. The Morgan fingerprint density at radius 2 is 1.60 bits per heavy atom. The van der Waals surface area contributed by atoms with Gasteiger partial charge in [0.05, 0.1) is 10.6 Å². The van der Waals surface area contributed by atoms with Gasteiger partial charge in [0.15, 0.2) is 17.1 Å². The number of amides is 1. The van der Waals surface area contributed by atoms with E-state index < -0.39 is 48.6 Å². The summed E-state index contributed by atoms with van der Waals surface area (Å²) in [5, 5.41) is 2.71. The summed E-state index contributed by atoms with van der Waals surface area (Å²) < 4.78 is 70.7. The maximum absolute atomic E-state index is 13.2. The van der Waals surface area contributed by atoms with Gasteiger partial charge in [-0.2, -0.15) is 13.2 Å². The molecular formula is C29H25BrClF5N2O4. The Balaban J connectivity index is 1.81. The molecule has 0 heterocycles. The third-order valence-corrected chi connectivity index (χ3v) is 7.12. The van der Waals surface area contributed by atoms with Crippen molar-refractivity contribution in [2.24, 2.45) is 5.73 Å². The fraction of sp³-hybridized carbons (Fsp3) is 0.276. The second kappa shape index (κ2) is 13.7. The molecule has 1 unspecified atom stereocenters. The zero-order valence-electron chi connectivity index (χ0n) is 22.0. The highest BCUT2D eigenvalue weighted by atomic mass is 79.9. The van der Waals surface area contributed by atoms with Crippen LogP contribution in [0.25, 0.3) is 0 Å². The first-order valence-electron chi connectivity index (χ1n) is 12.4. The van der Waals surface area contributed by atoms with Crippen molar-refractivity contribution in [2.45, 2.75) is 44.3 Å². The number of halogens is 7. The number of nitrogens with one attached hydrogen (secondary N) is 1. The summed E-state index contributed by atoms with van der Waals surface area (Å²) in [7, 11) is 0. The van der Waals surface area contributed by atoms with Gasteiger partial charge >= 0.3 is 6.18 Å². The van der Waals surface area contributed by atoms with Crippen LogP contribution in [0.2, 0.25) is 5.02 Å². The average molecular weight is 676 g/mol. The molecule has 3 rings (SSSR count). The van der Waals surface area contributed by atoms with Crippen LogP contribution in [-0.2, 0) is 17.6 Å². The van der Waals surface area contributed by atoms with Crippen molar-refractivity contribution < 1.29 is 41.1 Å². The fourth-order valence-corrected chi connectivity index (χ4v) is 4.26. The van der Waals surface area contributed by atoms with E-state index in [0.29, 0.717) is 23.7 Å². The number of carbonyl (C=O) groups is 3. The summed E-state index contributed by atoms with van der Waals surface area (Å²) in [6.45, 7) is -0.350. The number of hydrogen-bond donors (Lipinski definition) is 2. The Labute approximate surface area is 251 Å². The van der Waals surface area contributed by atoms with Gasteiger partial charge < -0.3 is 15.8 Å². The van der Waals surface area contributed by atoms with Crippen LogP contribution in [0, 0.1) is 0 Å². The molecule has 3 aromatic carbocycles. The van der Waals surface area contributed by atoms with Crippen LogP contribution < -0.4 is 15.8 Å². The number of benzene rings is 3. The van der Waals surface area contributed by atoms with Gasteiger partial charge in [-0.15, -0.1) is 0 Å². The van der Waals surface area contributed by atoms with Crippen LogP contribution >= 0.6 is 27.5 Å². The lowest BCUT2D eigenvalue weighted by Crippen LogP contribution is -2.57. The second-order valence-corrected chi connectivity index (χ2v) is 10.9. The SMILES string of the molecule is CC(N)(C(=O)CCc1ccc(Cl)c(C(=O)Cc2ccc(OCC(F)F)c(C(=O)Nc3ccc(Br)cc3)c2)c1)C(F)(F)F. The van der Waals surface area contributed by atoms with Gasteiger partial charge in [-0.25, -0.2) is 8.78 Å². The van der Waals surface area contributed by atoms with Crippen molar-refractivity contribution in [3.05, 3.63) is 92.4 Å². The summed E-state index contributed by atoms with van der Waals surface area (Å²) in [6.07, 6.45) is -8.59. The van der Waals surface area contributed by atoms with Crippen molar-refractivity contribution in [2.75, 3.05) is 11.9 Å². The third kappa shape index (κ3) is 8.59. The van der Waals surface area contributed by atoms with E-state index in [9.17, 15) is 36.3 Å². The lowest BCUT2D eigenvalue weighted by Gasteiger charge is -2.25. The zero-order chi connectivity index (χ0) is 31.2. The normalized spacial score (nSPS) is 13.0. The maximum Gasteiger partial charge on any atom is 0.413 e. The Morgan fingerprint density at radius 1 is 0.976 bits per heavy atom. The minimum Gasteiger partial charge on any atom is -0.487 e. The number of Topliss-reactive ketones (excluding diaryl/α,β-unsaturated/α-hetero) is 2. The standard InChI is InChI=1S/C29H25BrClF5N2O4/c1-28(37,29(34,35)36)25(40)11-4-16-2-9-22(31)20(12-16)23(39)14-17-3-10-24(42-15-26(32)33)21(13-17)27(41)38-19-7-5-18(30)6-8-19/h2-3,5-10,12-13,26H,4,11,14-15,37H2,1H3,(H,38,41). The average Bonchev–Trinajstić information content (AvgIpc) is 2.92. The number of rotatable bonds is 12. The molecule has 1 atom stereocenters. The van der Waals surface area contributed by atoms with Crippen LogP contribution in [0.1, 0.15) is 45.2 Å². The number of ketones is 2. The Hall–Kier alpha value is -3.35. The van der Waals surface area contributed by atoms with Gasteiger partial charge in [0.2, 0.25) is 0 Å². The van der Waals surface area contributed by atoms with Crippen LogP contribution in [-0.4, -0.2) is 42.2 Å². The number of alkyl halides is 5. The molecule has 6 nitrogen and oxygen atoms in total.